The number of nitrogens with one attached hydrogen (secondary N) is 1. The van der Waals surface area contributed by atoms with E-state index in [0.29, 0.717) is 38.2 Å². The van der Waals surface area contributed by atoms with Gasteiger partial charge < -0.3 is 14.7 Å². The summed E-state index contributed by atoms with van der Waals surface area (Å²) in [6.07, 6.45) is 3.45. The average molecular weight is 441 g/mol. The highest BCUT2D eigenvalue weighted by molar-refractivity contribution is 7.89. The van der Waals surface area contributed by atoms with Crippen LogP contribution in [0.3, 0.4) is 0 Å². The van der Waals surface area contributed by atoms with Crippen molar-refractivity contribution in [2.45, 2.75) is 57.8 Å². The number of carbonyl (C=O) groups is 2. The van der Waals surface area contributed by atoms with Crippen LogP contribution in [0, 0.1) is 25.7 Å². The van der Waals surface area contributed by atoms with Gasteiger partial charge in [0, 0.05) is 38.6 Å². The molecule has 2 amide bonds. The normalized spacial score (nSPS) is 21.6. The van der Waals surface area contributed by atoms with Crippen LogP contribution in [0.1, 0.15) is 50.5 Å². The van der Waals surface area contributed by atoms with E-state index in [9.17, 15) is 18.0 Å². The van der Waals surface area contributed by atoms with E-state index in [1.54, 1.807) is 18.7 Å². The zero-order valence-electron chi connectivity index (χ0n) is 18.0. The smallest absolute Gasteiger partial charge is 0.248 e. The number of hydrogen-bond donors (Lipinski definition) is 1. The number of amides is 2. The summed E-state index contributed by atoms with van der Waals surface area (Å²) in [5, 5.41) is 6.67. The fourth-order valence-electron chi connectivity index (χ4n) is 4.36. The van der Waals surface area contributed by atoms with Gasteiger partial charge in [-0.3, -0.25) is 9.59 Å². The molecule has 2 aliphatic rings. The van der Waals surface area contributed by atoms with Crippen LogP contribution in [0.2, 0.25) is 0 Å². The van der Waals surface area contributed by atoms with E-state index in [-0.39, 0.29) is 47.4 Å². The lowest BCUT2D eigenvalue weighted by atomic mass is 9.92. The lowest BCUT2D eigenvalue weighted by molar-refractivity contribution is -0.140. The molecule has 0 aromatic carbocycles. The van der Waals surface area contributed by atoms with Crippen LogP contribution in [0.4, 0.5) is 0 Å². The molecule has 2 fully saturated rings. The van der Waals surface area contributed by atoms with Crippen LogP contribution < -0.4 is 5.32 Å². The number of hydrogen-bond acceptors (Lipinski definition) is 6. The van der Waals surface area contributed by atoms with Crippen LogP contribution in [0.5, 0.6) is 0 Å². The molecule has 0 radical (unpaired) electrons. The summed E-state index contributed by atoms with van der Waals surface area (Å²) in [4.78, 5) is 27.2. The first-order chi connectivity index (χ1) is 14.3. The maximum atomic E-state index is 13.0. The van der Waals surface area contributed by atoms with E-state index in [1.165, 1.54) is 4.31 Å². The van der Waals surface area contributed by atoms with Crippen LogP contribution in [-0.4, -0.2) is 67.3 Å². The third kappa shape index (κ3) is 4.69. The first kappa shape index (κ1) is 22.7. The van der Waals surface area contributed by atoms with Crippen LogP contribution in [0.25, 0.3) is 0 Å². The Morgan fingerprint density at radius 3 is 2.43 bits per heavy atom. The molecule has 0 bridgehead atoms. The molecule has 1 N–H and O–H groups in total. The maximum absolute atomic E-state index is 13.0. The first-order valence-corrected chi connectivity index (χ1v) is 12.2. The van der Waals surface area contributed by atoms with Crippen LogP contribution in [0.15, 0.2) is 9.42 Å². The lowest BCUT2D eigenvalue weighted by Crippen LogP contribution is -2.49. The van der Waals surface area contributed by atoms with Crippen molar-refractivity contribution in [3.63, 3.8) is 0 Å². The molecule has 2 aliphatic heterocycles. The Hall–Kier alpha value is -1.94. The predicted octanol–water partition coefficient (Wildman–Crippen LogP) is 1.46. The van der Waals surface area contributed by atoms with Gasteiger partial charge in [-0.15, -0.1) is 0 Å². The van der Waals surface area contributed by atoms with Gasteiger partial charge in [-0.2, -0.15) is 4.31 Å². The van der Waals surface area contributed by atoms with Crippen molar-refractivity contribution < 1.29 is 22.5 Å². The molecule has 3 rings (SSSR count). The summed E-state index contributed by atoms with van der Waals surface area (Å²) in [5.41, 5.74) is 0.353. The molecule has 2 saturated heterocycles. The summed E-state index contributed by atoms with van der Waals surface area (Å²) in [7, 11) is -3.68. The van der Waals surface area contributed by atoms with E-state index in [2.05, 4.69) is 10.5 Å². The van der Waals surface area contributed by atoms with E-state index < -0.39 is 10.0 Å². The van der Waals surface area contributed by atoms with Gasteiger partial charge in [0.15, 0.2) is 5.76 Å². The van der Waals surface area contributed by atoms with Gasteiger partial charge >= 0.3 is 0 Å². The van der Waals surface area contributed by atoms with Crippen LogP contribution >= 0.6 is 0 Å². The first-order valence-electron chi connectivity index (χ1n) is 10.7. The topological polar surface area (TPSA) is 113 Å². The zero-order chi connectivity index (χ0) is 21.9. The molecule has 9 nitrogen and oxygen atoms in total. The van der Waals surface area contributed by atoms with Gasteiger partial charge in [-0.1, -0.05) is 12.1 Å². The Kier molecular flexibility index (Phi) is 7.18. The Morgan fingerprint density at radius 2 is 1.83 bits per heavy atom. The fourth-order valence-corrected chi connectivity index (χ4v) is 6.12. The van der Waals surface area contributed by atoms with Gasteiger partial charge in [0.1, 0.15) is 10.6 Å². The molecule has 10 heteroatoms. The molecule has 1 unspecified atom stereocenters. The number of rotatable bonds is 6. The van der Waals surface area contributed by atoms with Gasteiger partial charge in [-0.05, 0) is 46.0 Å². The SMILES string of the molecule is CCCNC(=O)C1CCCN(C(=O)C2CCN(S(=O)(=O)c3c(C)noc3C)CC2)C1. The van der Waals surface area contributed by atoms with Gasteiger partial charge in [0.2, 0.25) is 21.8 Å². The van der Waals surface area contributed by atoms with Crippen molar-refractivity contribution >= 4 is 21.8 Å². The minimum atomic E-state index is -3.68. The molecule has 3 heterocycles. The van der Waals surface area contributed by atoms with Crippen molar-refractivity contribution in [2.75, 3.05) is 32.7 Å². The Balaban J connectivity index is 1.58. The third-order valence-corrected chi connectivity index (χ3v) is 8.17. The van der Waals surface area contributed by atoms with E-state index in [4.69, 9.17) is 4.52 Å². The number of sulfonamides is 1. The molecule has 0 spiro atoms. The Morgan fingerprint density at radius 1 is 1.13 bits per heavy atom. The number of likely N-dealkylation sites (tertiary alicyclic amines) is 1. The Bertz CT molecular complexity index is 854. The molecule has 1 atom stereocenters. The zero-order valence-corrected chi connectivity index (χ0v) is 18.8. The third-order valence-electron chi connectivity index (χ3n) is 6.02. The summed E-state index contributed by atoms with van der Waals surface area (Å²) < 4.78 is 32.4. The van der Waals surface area contributed by atoms with Crippen LogP contribution in [-0.2, 0) is 19.6 Å². The van der Waals surface area contributed by atoms with Gasteiger partial charge in [0.05, 0.1) is 5.92 Å². The quantitative estimate of drug-likeness (QED) is 0.717. The number of carbonyl (C=O) groups excluding carboxylic acids is 2. The Labute approximate surface area is 178 Å². The molecule has 1 aromatic rings. The maximum Gasteiger partial charge on any atom is 0.248 e. The van der Waals surface area contributed by atoms with Crippen molar-refractivity contribution in [2.24, 2.45) is 11.8 Å². The van der Waals surface area contributed by atoms with Gasteiger partial charge in [0.25, 0.3) is 0 Å². The largest absolute Gasteiger partial charge is 0.360 e. The summed E-state index contributed by atoms with van der Waals surface area (Å²) in [6.45, 7) is 7.56. The fraction of sp³-hybridized carbons (Fsp3) is 0.750. The molecule has 168 valence electrons. The van der Waals surface area contributed by atoms with E-state index >= 15 is 0 Å². The molecule has 0 saturated carbocycles. The van der Waals surface area contributed by atoms with Gasteiger partial charge in [-0.25, -0.2) is 8.42 Å². The second-order valence-corrected chi connectivity index (χ2v) is 10.1. The lowest BCUT2D eigenvalue weighted by Gasteiger charge is -2.37. The second-order valence-electron chi connectivity index (χ2n) is 8.25. The number of piperidine rings is 2. The van der Waals surface area contributed by atoms with Crippen molar-refractivity contribution in [3.8, 4) is 0 Å². The minimum Gasteiger partial charge on any atom is -0.360 e. The summed E-state index contributed by atoms with van der Waals surface area (Å²) >= 11 is 0. The number of aryl methyl sites for hydroxylation is 2. The van der Waals surface area contributed by atoms with Crippen molar-refractivity contribution in [3.05, 3.63) is 11.5 Å². The highest BCUT2D eigenvalue weighted by Crippen LogP contribution is 2.29. The monoisotopic (exact) mass is 440 g/mol. The molecule has 30 heavy (non-hydrogen) atoms. The standard InChI is InChI=1S/C20H32N4O5S/c1-4-9-21-19(25)17-6-5-10-23(13-17)20(26)16-7-11-24(12-8-16)30(27,28)18-14(2)22-29-15(18)3/h16-17H,4-13H2,1-3H3,(H,21,25). The highest BCUT2D eigenvalue weighted by Gasteiger charge is 2.37. The summed E-state index contributed by atoms with van der Waals surface area (Å²) in [6, 6.07) is 0. The van der Waals surface area contributed by atoms with E-state index in [0.717, 1.165) is 19.3 Å². The highest BCUT2D eigenvalue weighted by atomic mass is 32.2. The average Bonchev–Trinajstić information content (AvgIpc) is 3.10. The number of aromatic nitrogens is 1. The molecular formula is C20H32N4O5S. The molecule has 0 aliphatic carbocycles. The second kappa shape index (κ2) is 9.47. The van der Waals surface area contributed by atoms with Crippen molar-refractivity contribution in [1.29, 1.82) is 0 Å². The number of nitrogens with zero attached hydrogens (tertiary/aromatic N) is 3. The molecule has 1 aromatic heterocycles. The minimum absolute atomic E-state index is 0.0229. The van der Waals surface area contributed by atoms with Crippen molar-refractivity contribution in [1.82, 2.24) is 19.7 Å². The van der Waals surface area contributed by atoms with E-state index in [1.807, 2.05) is 6.92 Å². The predicted molar refractivity (Wildman–Crippen MR) is 110 cm³/mol. The summed E-state index contributed by atoms with van der Waals surface area (Å²) in [5.74, 6) is -0.0219. The molecular weight excluding hydrogens is 408 g/mol.